The number of carbonyl (C=O) groups is 2. The number of ether oxygens (including phenoxy) is 1. The Labute approximate surface area is 223 Å². The van der Waals surface area contributed by atoms with Gasteiger partial charge in [0.25, 0.3) is 5.91 Å². The lowest BCUT2D eigenvalue weighted by Gasteiger charge is -2.35. The minimum atomic E-state index is -4.80. The van der Waals surface area contributed by atoms with Crippen LogP contribution in [0.15, 0.2) is 48.8 Å². The molecule has 0 saturated carbocycles. The van der Waals surface area contributed by atoms with Gasteiger partial charge in [0.1, 0.15) is 11.6 Å². The molecule has 1 aromatic carbocycles. The number of aromatic nitrogens is 3. The molecule has 1 saturated heterocycles. The van der Waals surface area contributed by atoms with E-state index in [0.29, 0.717) is 32.7 Å². The van der Waals surface area contributed by atoms with Crippen LogP contribution in [-0.2, 0) is 6.54 Å². The van der Waals surface area contributed by atoms with Gasteiger partial charge in [0.15, 0.2) is 5.82 Å². The maximum Gasteiger partial charge on any atom is 0.573 e. The molecular formula is C26H30F3N7O3. The number of hydrogen-bond acceptors (Lipinski definition) is 6. The minimum Gasteiger partial charge on any atom is -0.406 e. The molecule has 39 heavy (non-hydrogen) atoms. The lowest BCUT2D eigenvalue weighted by atomic mass is 10.2. The number of carbonyl (C=O) groups excluding carboxylic acids is 2. The molecule has 3 aromatic rings. The number of imidazole rings is 1. The number of anilines is 3. The highest BCUT2D eigenvalue weighted by atomic mass is 19.4. The normalized spacial score (nSPS) is 13.8. The van der Waals surface area contributed by atoms with E-state index >= 15 is 0 Å². The molecule has 0 bridgehead atoms. The van der Waals surface area contributed by atoms with Crippen molar-refractivity contribution in [3.05, 3.63) is 60.2 Å². The van der Waals surface area contributed by atoms with Gasteiger partial charge in [-0.3, -0.25) is 10.1 Å². The molecule has 1 aliphatic heterocycles. The number of nitrogens with one attached hydrogen (secondary N) is 2. The van der Waals surface area contributed by atoms with Crippen LogP contribution in [0, 0.1) is 6.92 Å². The van der Waals surface area contributed by atoms with Gasteiger partial charge in [-0.05, 0) is 49.2 Å². The molecule has 4 rings (SSSR count). The molecule has 0 atom stereocenters. The molecule has 0 spiro atoms. The maximum atomic E-state index is 13.4. The first-order chi connectivity index (χ1) is 18.6. The van der Waals surface area contributed by atoms with Gasteiger partial charge < -0.3 is 24.4 Å². The fraction of sp³-hybridized carbons (Fsp3) is 0.385. The van der Waals surface area contributed by atoms with E-state index in [9.17, 15) is 22.8 Å². The fourth-order valence-corrected chi connectivity index (χ4v) is 4.09. The Morgan fingerprint density at radius 3 is 2.36 bits per heavy atom. The number of rotatable bonds is 8. The Morgan fingerprint density at radius 1 is 1.03 bits per heavy atom. The number of unbranched alkanes of at least 4 members (excludes halogenated alkanes) is 1. The topological polar surface area (TPSA) is 105 Å². The van der Waals surface area contributed by atoms with Crippen LogP contribution in [0.3, 0.4) is 0 Å². The Balaban J connectivity index is 1.38. The zero-order valence-corrected chi connectivity index (χ0v) is 21.7. The number of halogens is 3. The second-order valence-electron chi connectivity index (χ2n) is 9.12. The summed E-state index contributed by atoms with van der Waals surface area (Å²) in [4.78, 5) is 38.6. The zero-order chi connectivity index (χ0) is 28.0. The van der Waals surface area contributed by atoms with E-state index in [-0.39, 0.29) is 23.2 Å². The molecule has 0 aliphatic carbocycles. The van der Waals surface area contributed by atoms with Gasteiger partial charge in [-0.2, -0.15) is 0 Å². The molecule has 208 valence electrons. The van der Waals surface area contributed by atoms with Gasteiger partial charge in [-0.1, -0.05) is 19.4 Å². The summed E-state index contributed by atoms with van der Waals surface area (Å²) in [5.74, 6) is 0.663. The number of benzene rings is 1. The summed E-state index contributed by atoms with van der Waals surface area (Å²) in [5, 5.41) is 5.12. The lowest BCUT2D eigenvalue weighted by molar-refractivity contribution is -0.274. The van der Waals surface area contributed by atoms with Crippen LogP contribution in [0.1, 0.15) is 35.9 Å². The van der Waals surface area contributed by atoms with Gasteiger partial charge in [-0.15, -0.1) is 13.2 Å². The molecule has 3 heterocycles. The maximum absolute atomic E-state index is 13.4. The number of pyridine rings is 1. The van der Waals surface area contributed by atoms with Crippen molar-refractivity contribution < 1.29 is 27.5 Å². The average molecular weight is 546 g/mol. The van der Waals surface area contributed by atoms with E-state index in [1.165, 1.54) is 12.1 Å². The summed E-state index contributed by atoms with van der Waals surface area (Å²) in [5.41, 5.74) is 1.34. The SMILES string of the molecule is CCCCn1cc(NC(=O)Nc2ccc(OC(F)(F)F)cc2)nc1C(=O)N1CCN(c2ccc(C)cn2)CC1. The van der Waals surface area contributed by atoms with Crippen LogP contribution in [0.2, 0.25) is 0 Å². The number of alkyl halides is 3. The van der Waals surface area contributed by atoms with Crippen LogP contribution in [0.25, 0.3) is 0 Å². The van der Waals surface area contributed by atoms with Crippen LogP contribution < -0.4 is 20.3 Å². The quantitative estimate of drug-likeness (QED) is 0.418. The van der Waals surface area contributed by atoms with Gasteiger partial charge in [0.05, 0.1) is 0 Å². The molecule has 0 radical (unpaired) electrons. The molecule has 2 aromatic heterocycles. The number of aryl methyl sites for hydroxylation is 2. The van der Waals surface area contributed by atoms with E-state index in [4.69, 9.17) is 0 Å². The average Bonchev–Trinajstić information content (AvgIpc) is 3.30. The van der Waals surface area contributed by atoms with Crippen LogP contribution in [0.5, 0.6) is 5.75 Å². The van der Waals surface area contributed by atoms with E-state index in [0.717, 1.165) is 36.4 Å². The Morgan fingerprint density at radius 2 is 1.74 bits per heavy atom. The van der Waals surface area contributed by atoms with Gasteiger partial charge in [0, 0.05) is 50.8 Å². The molecule has 3 amide bonds. The number of nitrogens with zero attached hydrogens (tertiary/aromatic N) is 5. The zero-order valence-electron chi connectivity index (χ0n) is 21.7. The summed E-state index contributed by atoms with van der Waals surface area (Å²) in [6.45, 7) is 6.86. The molecular weight excluding hydrogens is 515 g/mol. The highest BCUT2D eigenvalue weighted by molar-refractivity contribution is 6.00. The predicted octanol–water partition coefficient (Wildman–Crippen LogP) is 4.89. The number of urea groups is 1. The van der Waals surface area contributed by atoms with Crippen molar-refractivity contribution in [1.29, 1.82) is 0 Å². The molecule has 13 heteroatoms. The third-order valence-corrected chi connectivity index (χ3v) is 6.09. The molecule has 0 unspecified atom stereocenters. The monoisotopic (exact) mass is 545 g/mol. The predicted molar refractivity (Wildman–Crippen MR) is 140 cm³/mol. The van der Waals surface area contributed by atoms with E-state index in [1.807, 2.05) is 32.2 Å². The van der Waals surface area contributed by atoms with Crippen LogP contribution in [0.4, 0.5) is 35.3 Å². The van der Waals surface area contributed by atoms with Crippen LogP contribution >= 0.6 is 0 Å². The second kappa shape index (κ2) is 12.0. The number of piperazine rings is 1. The van der Waals surface area contributed by atoms with Crippen LogP contribution in [-0.4, -0.2) is 63.9 Å². The first-order valence-electron chi connectivity index (χ1n) is 12.6. The van der Waals surface area contributed by atoms with Crippen molar-refractivity contribution in [2.45, 2.75) is 39.6 Å². The second-order valence-corrected chi connectivity index (χ2v) is 9.12. The van der Waals surface area contributed by atoms with Gasteiger partial charge >= 0.3 is 12.4 Å². The van der Waals surface area contributed by atoms with Gasteiger partial charge in [0.2, 0.25) is 5.82 Å². The third-order valence-electron chi connectivity index (χ3n) is 6.09. The fourth-order valence-electron chi connectivity index (χ4n) is 4.09. The summed E-state index contributed by atoms with van der Waals surface area (Å²) in [6, 6.07) is 8.06. The molecule has 2 N–H and O–H groups in total. The smallest absolute Gasteiger partial charge is 0.406 e. The first-order valence-corrected chi connectivity index (χ1v) is 12.6. The Hall–Kier alpha value is -4.29. The van der Waals surface area contributed by atoms with Crippen molar-refractivity contribution in [3.8, 4) is 5.75 Å². The molecule has 10 nitrogen and oxygen atoms in total. The van der Waals surface area contributed by atoms with Crippen molar-refractivity contribution in [2.24, 2.45) is 0 Å². The number of hydrogen-bond donors (Lipinski definition) is 2. The lowest BCUT2D eigenvalue weighted by Crippen LogP contribution is -2.49. The van der Waals surface area contributed by atoms with Crippen molar-refractivity contribution >= 4 is 29.3 Å². The molecule has 1 fully saturated rings. The summed E-state index contributed by atoms with van der Waals surface area (Å²) in [6.07, 6.45) is 0.353. The summed E-state index contributed by atoms with van der Waals surface area (Å²) >= 11 is 0. The Kier molecular flexibility index (Phi) is 8.57. The summed E-state index contributed by atoms with van der Waals surface area (Å²) in [7, 11) is 0. The minimum absolute atomic E-state index is 0.187. The largest absolute Gasteiger partial charge is 0.573 e. The van der Waals surface area contributed by atoms with Crippen molar-refractivity contribution in [2.75, 3.05) is 41.7 Å². The van der Waals surface area contributed by atoms with E-state index < -0.39 is 18.1 Å². The highest BCUT2D eigenvalue weighted by Crippen LogP contribution is 2.24. The third kappa shape index (κ3) is 7.62. The van der Waals surface area contributed by atoms with Crippen molar-refractivity contribution in [1.82, 2.24) is 19.4 Å². The van der Waals surface area contributed by atoms with E-state index in [1.54, 1.807) is 15.7 Å². The van der Waals surface area contributed by atoms with Gasteiger partial charge in [-0.25, -0.2) is 14.8 Å². The number of amides is 3. The molecule has 1 aliphatic rings. The summed E-state index contributed by atoms with van der Waals surface area (Å²) < 4.78 is 42.6. The first kappa shape index (κ1) is 27.7. The van der Waals surface area contributed by atoms with E-state index in [2.05, 4.69) is 30.2 Å². The standard InChI is InChI=1S/C26H30F3N7O3/c1-3-4-11-36-17-21(33-25(38)31-19-6-8-20(9-7-19)39-26(27,28)29)32-23(36)24(37)35-14-12-34(13-15-35)22-10-5-18(2)16-30-22/h5-10,16-17H,3-4,11-15H2,1-2H3,(H2,31,33,38). The highest BCUT2D eigenvalue weighted by Gasteiger charge is 2.31. The van der Waals surface area contributed by atoms with Crippen molar-refractivity contribution in [3.63, 3.8) is 0 Å². The Bertz CT molecular complexity index is 1270.